The van der Waals surface area contributed by atoms with Gasteiger partial charge in [-0.15, -0.1) is 0 Å². The minimum absolute atomic E-state index is 0.285. The zero-order chi connectivity index (χ0) is 11.0. The summed E-state index contributed by atoms with van der Waals surface area (Å²) in [6, 6.07) is -0.782. The smallest absolute Gasteiger partial charge is 0.326 e. The number of aromatic nitrogens is 2. The van der Waals surface area contributed by atoms with Crippen LogP contribution in [0.1, 0.15) is 18.9 Å². The normalized spacial score (nSPS) is 19.8. The van der Waals surface area contributed by atoms with Crippen molar-refractivity contribution in [2.24, 2.45) is 0 Å². The first-order valence-electron chi connectivity index (χ1n) is 4.66. The SMILES string of the molecule is CC(=O)N1c2[nH]ncc2CCC1C(=O)O. The second-order valence-electron chi connectivity index (χ2n) is 3.53. The molecule has 0 saturated heterocycles. The molecule has 0 radical (unpaired) electrons. The molecule has 1 aromatic heterocycles. The van der Waals surface area contributed by atoms with E-state index < -0.39 is 12.0 Å². The lowest BCUT2D eigenvalue weighted by Crippen LogP contribution is -2.47. The molecule has 1 amide bonds. The van der Waals surface area contributed by atoms with Crippen LogP contribution < -0.4 is 4.90 Å². The summed E-state index contributed by atoms with van der Waals surface area (Å²) in [5.74, 6) is -0.751. The number of carboxylic acids is 1. The topological polar surface area (TPSA) is 86.3 Å². The summed E-state index contributed by atoms with van der Waals surface area (Å²) in [7, 11) is 0. The first-order valence-corrected chi connectivity index (χ1v) is 4.66. The molecule has 1 aliphatic heterocycles. The van der Waals surface area contributed by atoms with Crippen LogP contribution in [0.5, 0.6) is 0 Å². The Morgan fingerprint density at radius 1 is 1.67 bits per heavy atom. The number of carboxylic acid groups (broad SMARTS) is 1. The molecule has 15 heavy (non-hydrogen) atoms. The number of nitrogens with one attached hydrogen (secondary N) is 1. The molecular weight excluding hydrogens is 198 g/mol. The average molecular weight is 209 g/mol. The largest absolute Gasteiger partial charge is 0.480 e. The minimum atomic E-state index is -0.981. The third kappa shape index (κ3) is 1.47. The number of amides is 1. The Balaban J connectivity index is 2.43. The molecule has 6 nitrogen and oxygen atoms in total. The molecule has 0 fully saturated rings. The Morgan fingerprint density at radius 2 is 2.40 bits per heavy atom. The Hall–Kier alpha value is -1.85. The highest BCUT2D eigenvalue weighted by Crippen LogP contribution is 2.28. The van der Waals surface area contributed by atoms with Crippen LogP contribution >= 0.6 is 0 Å². The molecule has 1 unspecified atom stereocenters. The highest BCUT2D eigenvalue weighted by Gasteiger charge is 2.35. The van der Waals surface area contributed by atoms with Gasteiger partial charge < -0.3 is 5.11 Å². The number of carbonyl (C=O) groups excluding carboxylic acids is 1. The maximum atomic E-state index is 11.4. The number of carbonyl (C=O) groups is 2. The van der Waals surface area contributed by atoms with Crippen molar-refractivity contribution >= 4 is 17.7 Å². The maximum Gasteiger partial charge on any atom is 0.326 e. The fourth-order valence-corrected chi connectivity index (χ4v) is 1.88. The van der Waals surface area contributed by atoms with Crippen molar-refractivity contribution in [1.82, 2.24) is 10.2 Å². The quantitative estimate of drug-likeness (QED) is 0.689. The summed E-state index contributed by atoms with van der Waals surface area (Å²) in [6.45, 7) is 1.35. The van der Waals surface area contributed by atoms with Gasteiger partial charge in [0.05, 0.1) is 6.20 Å². The standard InChI is InChI=1S/C9H11N3O3/c1-5(13)12-7(9(14)15)3-2-6-4-10-11-8(6)12/h4,7H,2-3H2,1H3,(H,10,11)(H,14,15). The average Bonchev–Trinajstić information content (AvgIpc) is 2.62. The van der Waals surface area contributed by atoms with E-state index in [4.69, 9.17) is 5.11 Å². The number of nitrogens with zero attached hydrogens (tertiary/aromatic N) is 2. The molecule has 0 aromatic carbocycles. The van der Waals surface area contributed by atoms with Gasteiger partial charge in [-0.1, -0.05) is 0 Å². The lowest BCUT2D eigenvalue weighted by Gasteiger charge is -2.31. The predicted molar refractivity (Wildman–Crippen MR) is 51.5 cm³/mol. The number of aliphatic carboxylic acids is 1. The van der Waals surface area contributed by atoms with Gasteiger partial charge in [-0.3, -0.25) is 14.8 Å². The van der Waals surface area contributed by atoms with E-state index in [0.717, 1.165) is 5.56 Å². The molecule has 0 spiro atoms. The Bertz CT molecular complexity index is 412. The summed E-state index contributed by atoms with van der Waals surface area (Å²) in [5, 5.41) is 15.5. The van der Waals surface area contributed by atoms with Crippen LogP contribution in [-0.2, 0) is 16.0 Å². The number of aromatic amines is 1. The predicted octanol–water partition coefficient (Wildman–Crippen LogP) is 0.162. The van der Waals surface area contributed by atoms with Gasteiger partial charge in [0.15, 0.2) is 0 Å². The number of hydrogen-bond acceptors (Lipinski definition) is 3. The number of H-pyrrole nitrogens is 1. The van der Waals surface area contributed by atoms with Crippen molar-refractivity contribution in [2.75, 3.05) is 4.90 Å². The van der Waals surface area contributed by atoms with E-state index in [2.05, 4.69) is 10.2 Å². The lowest BCUT2D eigenvalue weighted by molar-refractivity contribution is -0.140. The molecule has 1 aromatic rings. The third-order valence-corrected chi connectivity index (χ3v) is 2.56. The summed E-state index contributed by atoms with van der Waals surface area (Å²) >= 11 is 0. The Labute approximate surface area is 85.9 Å². The number of fused-ring (bicyclic) bond motifs is 1. The second-order valence-corrected chi connectivity index (χ2v) is 3.53. The Morgan fingerprint density at radius 3 is 3.00 bits per heavy atom. The van der Waals surface area contributed by atoms with Crippen LogP contribution in [0, 0.1) is 0 Å². The van der Waals surface area contributed by atoms with Gasteiger partial charge in [0.1, 0.15) is 11.9 Å². The van der Waals surface area contributed by atoms with Crippen molar-refractivity contribution < 1.29 is 14.7 Å². The Kier molecular flexibility index (Phi) is 2.18. The molecule has 1 aliphatic rings. The molecule has 1 atom stereocenters. The van der Waals surface area contributed by atoms with Crippen LogP contribution in [0.3, 0.4) is 0 Å². The van der Waals surface area contributed by atoms with Crippen LogP contribution in [0.15, 0.2) is 6.20 Å². The van der Waals surface area contributed by atoms with E-state index in [0.29, 0.717) is 18.7 Å². The fourth-order valence-electron chi connectivity index (χ4n) is 1.88. The zero-order valence-corrected chi connectivity index (χ0v) is 8.23. The highest BCUT2D eigenvalue weighted by atomic mass is 16.4. The molecule has 2 N–H and O–H groups in total. The van der Waals surface area contributed by atoms with E-state index in [-0.39, 0.29) is 5.91 Å². The summed E-state index contributed by atoms with van der Waals surface area (Å²) < 4.78 is 0. The van der Waals surface area contributed by atoms with Crippen LogP contribution in [-0.4, -0.2) is 33.2 Å². The van der Waals surface area contributed by atoms with Crippen molar-refractivity contribution in [2.45, 2.75) is 25.8 Å². The number of anilines is 1. The van der Waals surface area contributed by atoms with E-state index in [9.17, 15) is 9.59 Å². The monoisotopic (exact) mass is 209 g/mol. The van der Waals surface area contributed by atoms with Crippen molar-refractivity contribution in [3.8, 4) is 0 Å². The minimum Gasteiger partial charge on any atom is -0.480 e. The summed E-state index contributed by atoms with van der Waals surface area (Å²) in [6.07, 6.45) is 2.69. The van der Waals surface area contributed by atoms with Gasteiger partial charge in [-0.25, -0.2) is 4.79 Å². The maximum absolute atomic E-state index is 11.4. The van der Waals surface area contributed by atoms with Crippen molar-refractivity contribution in [1.29, 1.82) is 0 Å². The van der Waals surface area contributed by atoms with Crippen LogP contribution in [0.25, 0.3) is 0 Å². The van der Waals surface area contributed by atoms with E-state index in [1.54, 1.807) is 6.20 Å². The van der Waals surface area contributed by atoms with Gasteiger partial charge in [-0.2, -0.15) is 5.10 Å². The first kappa shape index (κ1) is 9.70. The first-order chi connectivity index (χ1) is 7.11. The molecule has 0 aliphatic carbocycles. The van der Waals surface area contributed by atoms with Crippen molar-refractivity contribution in [3.05, 3.63) is 11.8 Å². The highest BCUT2D eigenvalue weighted by molar-refractivity contribution is 5.98. The summed E-state index contributed by atoms with van der Waals surface area (Å²) in [5.41, 5.74) is 0.891. The van der Waals surface area contributed by atoms with Gasteiger partial charge >= 0.3 is 5.97 Å². The zero-order valence-electron chi connectivity index (χ0n) is 8.23. The third-order valence-electron chi connectivity index (χ3n) is 2.56. The number of hydrogen-bond donors (Lipinski definition) is 2. The van der Waals surface area contributed by atoms with Gasteiger partial charge in [0.2, 0.25) is 5.91 Å². The molecule has 2 heterocycles. The van der Waals surface area contributed by atoms with E-state index in [1.165, 1.54) is 11.8 Å². The molecule has 80 valence electrons. The molecular formula is C9H11N3O3. The molecule has 2 rings (SSSR count). The van der Waals surface area contributed by atoms with E-state index >= 15 is 0 Å². The number of rotatable bonds is 1. The van der Waals surface area contributed by atoms with Gasteiger partial charge in [0, 0.05) is 12.5 Å². The molecule has 0 saturated carbocycles. The molecule has 0 bridgehead atoms. The fraction of sp³-hybridized carbons (Fsp3) is 0.444. The number of aryl methyl sites for hydroxylation is 1. The van der Waals surface area contributed by atoms with Gasteiger partial charge in [0.25, 0.3) is 0 Å². The van der Waals surface area contributed by atoms with Crippen molar-refractivity contribution in [3.63, 3.8) is 0 Å². The van der Waals surface area contributed by atoms with Gasteiger partial charge in [-0.05, 0) is 12.8 Å². The summed E-state index contributed by atoms with van der Waals surface area (Å²) in [4.78, 5) is 23.6. The van der Waals surface area contributed by atoms with Crippen LogP contribution in [0.2, 0.25) is 0 Å². The van der Waals surface area contributed by atoms with E-state index in [1.807, 2.05) is 0 Å². The molecule has 6 heteroatoms. The lowest BCUT2D eigenvalue weighted by atomic mass is 10.0. The second kappa shape index (κ2) is 3.38. The van der Waals surface area contributed by atoms with Crippen LogP contribution in [0.4, 0.5) is 5.82 Å².